The van der Waals surface area contributed by atoms with Crippen LogP contribution in [0.4, 0.5) is 5.69 Å². The van der Waals surface area contributed by atoms with Gasteiger partial charge in [-0.3, -0.25) is 14.5 Å². The number of para-hydroxylation sites is 1. The minimum Gasteiger partial charge on any atom is -0.496 e. The van der Waals surface area contributed by atoms with E-state index in [2.05, 4.69) is 21.9 Å². The fourth-order valence-corrected chi connectivity index (χ4v) is 3.51. The number of nitrogens with zero attached hydrogens (tertiary/aromatic N) is 1. The minimum absolute atomic E-state index is 0.0125. The molecule has 3 rings (SSSR count). The Morgan fingerprint density at radius 2 is 2.08 bits per heavy atom. The number of fused-ring (bicyclic) bond motifs is 1. The first-order chi connectivity index (χ1) is 12.4. The Kier molecular flexibility index (Phi) is 4.86. The van der Waals surface area contributed by atoms with Crippen LogP contribution in [0.1, 0.15) is 22.3 Å². The van der Waals surface area contributed by atoms with Crippen molar-refractivity contribution in [3.8, 4) is 18.1 Å². The molecule has 0 aliphatic carbocycles. The van der Waals surface area contributed by atoms with Crippen LogP contribution in [-0.2, 0) is 10.4 Å². The highest BCUT2D eigenvalue weighted by molar-refractivity contribution is 9.10. The molecule has 0 bridgehead atoms. The zero-order valence-corrected chi connectivity index (χ0v) is 15.6. The minimum atomic E-state index is -1.98. The average Bonchev–Trinajstić information content (AvgIpc) is 2.83. The molecule has 0 fully saturated rings. The third kappa shape index (κ3) is 2.90. The molecule has 1 aliphatic rings. The number of carbonyl (C=O) groups is 2. The number of aliphatic hydroxyl groups is 1. The van der Waals surface area contributed by atoms with Crippen molar-refractivity contribution in [2.24, 2.45) is 0 Å². The Morgan fingerprint density at radius 3 is 2.77 bits per heavy atom. The van der Waals surface area contributed by atoms with Gasteiger partial charge in [0.15, 0.2) is 11.4 Å². The summed E-state index contributed by atoms with van der Waals surface area (Å²) in [6, 6.07) is 11.8. The van der Waals surface area contributed by atoms with Crippen LogP contribution < -0.4 is 9.64 Å². The van der Waals surface area contributed by atoms with E-state index in [0.29, 0.717) is 27.0 Å². The molecule has 0 spiro atoms. The van der Waals surface area contributed by atoms with Crippen molar-refractivity contribution in [2.75, 3.05) is 18.6 Å². The molecule has 1 heterocycles. The van der Waals surface area contributed by atoms with Gasteiger partial charge in [-0.15, -0.1) is 6.42 Å². The monoisotopic (exact) mass is 413 g/mol. The van der Waals surface area contributed by atoms with Gasteiger partial charge in [0, 0.05) is 10.0 Å². The molecule has 2 aromatic rings. The molecule has 0 saturated carbocycles. The topological polar surface area (TPSA) is 66.8 Å². The fourth-order valence-electron chi connectivity index (χ4n) is 3.14. The van der Waals surface area contributed by atoms with Crippen molar-refractivity contribution in [1.82, 2.24) is 0 Å². The van der Waals surface area contributed by atoms with E-state index in [1.807, 2.05) is 0 Å². The third-order valence-corrected chi connectivity index (χ3v) is 4.86. The van der Waals surface area contributed by atoms with E-state index >= 15 is 0 Å². The Morgan fingerprint density at radius 1 is 1.35 bits per heavy atom. The van der Waals surface area contributed by atoms with Crippen LogP contribution in [0.2, 0.25) is 0 Å². The molecule has 5 nitrogen and oxygen atoms in total. The number of hydrogen-bond acceptors (Lipinski definition) is 4. The molecule has 1 aliphatic heterocycles. The SMILES string of the molecule is C#CCN1C(=O)[C@@](O)(CC(=O)c2ccccc2OC)c2cc(Br)ccc21. The smallest absolute Gasteiger partial charge is 0.265 e. The number of amides is 1. The van der Waals surface area contributed by atoms with Gasteiger partial charge in [0.2, 0.25) is 0 Å². The van der Waals surface area contributed by atoms with E-state index < -0.39 is 23.7 Å². The van der Waals surface area contributed by atoms with E-state index in [1.54, 1.807) is 42.5 Å². The Labute approximate surface area is 159 Å². The van der Waals surface area contributed by atoms with Crippen molar-refractivity contribution >= 4 is 33.3 Å². The van der Waals surface area contributed by atoms with Gasteiger partial charge in [-0.25, -0.2) is 0 Å². The number of benzene rings is 2. The second kappa shape index (κ2) is 6.94. The summed E-state index contributed by atoms with van der Waals surface area (Å²) in [5, 5.41) is 11.2. The van der Waals surface area contributed by atoms with Gasteiger partial charge in [-0.05, 0) is 30.3 Å². The second-order valence-corrected chi connectivity index (χ2v) is 6.83. The number of terminal acetylenes is 1. The summed E-state index contributed by atoms with van der Waals surface area (Å²) in [6.45, 7) is 0.0125. The van der Waals surface area contributed by atoms with Gasteiger partial charge in [0.25, 0.3) is 5.91 Å². The first kappa shape index (κ1) is 18.2. The lowest BCUT2D eigenvalue weighted by Gasteiger charge is -2.22. The van der Waals surface area contributed by atoms with Crippen LogP contribution in [0.5, 0.6) is 5.75 Å². The molecule has 1 N–H and O–H groups in total. The van der Waals surface area contributed by atoms with E-state index in [4.69, 9.17) is 11.2 Å². The highest BCUT2D eigenvalue weighted by Crippen LogP contribution is 2.44. The summed E-state index contributed by atoms with van der Waals surface area (Å²) in [5.41, 5.74) is -0.807. The summed E-state index contributed by atoms with van der Waals surface area (Å²) in [7, 11) is 1.46. The Hall–Kier alpha value is -2.62. The van der Waals surface area contributed by atoms with Crippen molar-refractivity contribution < 1.29 is 19.4 Å². The van der Waals surface area contributed by atoms with Gasteiger partial charge in [0.1, 0.15) is 5.75 Å². The zero-order chi connectivity index (χ0) is 18.9. The number of methoxy groups -OCH3 is 1. The maximum absolute atomic E-state index is 12.9. The average molecular weight is 414 g/mol. The number of ketones is 1. The largest absolute Gasteiger partial charge is 0.496 e. The molecule has 0 unspecified atom stereocenters. The first-order valence-electron chi connectivity index (χ1n) is 7.86. The van der Waals surface area contributed by atoms with Gasteiger partial charge in [-0.2, -0.15) is 0 Å². The lowest BCUT2D eigenvalue weighted by molar-refractivity contribution is -0.135. The number of rotatable bonds is 5. The summed E-state index contributed by atoms with van der Waals surface area (Å²) in [5.74, 6) is 1.80. The molecule has 2 aromatic carbocycles. The number of halogens is 1. The van der Waals surface area contributed by atoms with Gasteiger partial charge in [0.05, 0.1) is 31.3 Å². The fraction of sp³-hybridized carbons (Fsp3) is 0.200. The first-order valence-corrected chi connectivity index (χ1v) is 8.65. The lowest BCUT2D eigenvalue weighted by Crippen LogP contribution is -2.42. The molecule has 0 radical (unpaired) electrons. The van der Waals surface area contributed by atoms with Crippen molar-refractivity contribution in [3.05, 3.63) is 58.1 Å². The third-order valence-electron chi connectivity index (χ3n) is 4.37. The van der Waals surface area contributed by atoms with Crippen molar-refractivity contribution in [3.63, 3.8) is 0 Å². The second-order valence-electron chi connectivity index (χ2n) is 5.92. The lowest BCUT2D eigenvalue weighted by atomic mass is 9.88. The number of ether oxygens (including phenoxy) is 1. The van der Waals surface area contributed by atoms with Gasteiger partial charge >= 0.3 is 0 Å². The maximum Gasteiger partial charge on any atom is 0.265 e. The normalized spacial score (nSPS) is 18.4. The molecule has 1 amide bonds. The molecular weight excluding hydrogens is 398 g/mol. The highest BCUT2D eigenvalue weighted by Gasteiger charge is 2.51. The van der Waals surface area contributed by atoms with Crippen molar-refractivity contribution in [2.45, 2.75) is 12.0 Å². The van der Waals surface area contributed by atoms with Gasteiger partial charge < -0.3 is 9.84 Å². The van der Waals surface area contributed by atoms with Crippen molar-refractivity contribution in [1.29, 1.82) is 0 Å². The van der Waals surface area contributed by atoms with E-state index in [0.717, 1.165) is 0 Å². The summed E-state index contributed by atoms with van der Waals surface area (Å²) < 4.78 is 5.90. The van der Waals surface area contributed by atoms with Crippen LogP contribution in [0.3, 0.4) is 0 Å². The molecule has 1 atom stereocenters. The number of Topliss-reactive ketones (excluding diaryl/α,β-unsaturated/α-hetero) is 1. The van der Waals surface area contributed by atoms with Crippen LogP contribution in [0, 0.1) is 12.3 Å². The van der Waals surface area contributed by atoms with Crippen LogP contribution >= 0.6 is 15.9 Å². The summed E-state index contributed by atoms with van der Waals surface area (Å²) in [6.07, 6.45) is 4.95. The predicted octanol–water partition coefficient (Wildman–Crippen LogP) is 2.90. The standard InChI is InChI=1S/C20H16BrNO4/c1-3-10-22-16-9-8-13(21)11-15(16)20(25,19(22)24)12-17(23)14-6-4-5-7-18(14)26-2/h1,4-9,11,25H,10,12H2,2H3/t20-/m1/s1. The van der Waals surface area contributed by atoms with Gasteiger partial charge in [-0.1, -0.05) is 34.0 Å². The summed E-state index contributed by atoms with van der Waals surface area (Å²) >= 11 is 3.34. The Balaban J connectivity index is 2.04. The van der Waals surface area contributed by atoms with Crippen LogP contribution in [-0.4, -0.2) is 30.5 Å². The molecule has 26 heavy (non-hydrogen) atoms. The zero-order valence-electron chi connectivity index (χ0n) is 14.0. The predicted molar refractivity (Wildman–Crippen MR) is 101 cm³/mol. The number of hydrogen-bond donors (Lipinski definition) is 1. The quantitative estimate of drug-likeness (QED) is 0.604. The van der Waals surface area contributed by atoms with E-state index in [1.165, 1.54) is 12.0 Å². The highest BCUT2D eigenvalue weighted by atomic mass is 79.9. The number of carbonyl (C=O) groups excluding carboxylic acids is 2. The van der Waals surface area contributed by atoms with Crippen LogP contribution in [0.15, 0.2) is 46.9 Å². The molecule has 132 valence electrons. The van der Waals surface area contributed by atoms with Crippen LogP contribution in [0.25, 0.3) is 0 Å². The van der Waals surface area contributed by atoms with E-state index in [9.17, 15) is 14.7 Å². The van der Waals surface area contributed by atoms with E-state index in [-0.39, 0.29) is 6.54 Å². The Bertz CT molecular complexity index is 934. The summed E-state index contributed by atoms with van der Waals surface area (Å²) in [4.78, 5) is 27.0. The molecular formula is C20H16BrNO4. The maximum atomic E-state index is 12.9. The molecule has 0 saturated heterocycles. The molecule has 0 aromatic heterocycles. The molecule has 6 heteroatoms. The number of anilines is 1.